The lowest BCUT2D eigenvalue weighted by Crippen LogP contribution is -2.32. The zero-order valence-corrected chi connectivity index (χ0v) is 13.9. The van der Waals surface area contributed by atoms with Gasteiger partial charge in [-0.1, -0.05) is 26.8 Å². The van der Waals surface area contributed by atoms with Crippen molar-refractivity contribution in [2.75, 3.05) is 27.4 Å². The molecular weight excluding hydrogens is 266 g/mol. The van der Waals surface area contributed by atoms with Crippen molar-refractivity contribution in [3.63, 3.8) is 0 Å². The van der Waals surface area contributed by atoms with Crippen molar-refractivity contribution in [3.05, 3.63) is 23.8 Å². The van der Waals surface area contributed by atoms with E-state index in [1.54, 1.807) is 14.2 Å². The maximum absolute atomic E-state index is 9.11. The number of aliphatic hydroxyl groups excluding tert-OH is 1. The molecule has 0 fully saturated rings. The van der Waals surface area contributed by atoms with E-state index >= 15 is 0 Å². The van der Waals surface area contributed by atoms with Crippen LogP contribution in [-0.4, -0.2) is 32.5 Å². The van der Waals surface area contributed by atoms with Gasteiger partial charge in [0, 0.05) is 19.2 Å². The van der Waals surface area contributed by atoms with E-state index in [0.29, 0.717) is 0 Å². The SMILES string of the molecule is CCC(NCC(C)(C)CCO)c1ccc(OC)c(OC)c1. The summed E-state index contributed by atoms with van der Waals surface area (Å²) in [7, 11) is 3.30. The van der Waals surface area contributed by atoms with Crippen LogP contribution in [0.4, 0.5) is 0 Å². The van der Waals surface area contributed by atoms with Crippen LogP contribution in [0.1, 0.15) is 45.2 Å². The number of hydrogen-bond donors (Lipinski definition) is 2. The van der Waals surface area contributed by atoms with Gasteiger partial charge in [0.15, 0.2) is 11.5 Å². The monoisotopic (exact) mass is 295 g/mol. The highest BCUT2D eigenvalue weighted by Crippen LogP contribution is 2.31. The van der Waals surface area contributed by atoms with Crippen LogP contribution in [0.3, 0.4) is 0 Å². The molecule has 0 spiro atoms. The lowest BCUT2D eigenvalue weighted by atomic mass is 9.89. The summed E-state index contributed by atoms with van der Waals surface area (Å²) >= 11 is 0. The molecular formula is C17H29NO3. The molecule has 1 unspecified atom stereocenters. The van der Waals surface area contributed by atoms with Gasteiger partial charge in [0.1, 0.15) is 0 Å². The van der Waals surface area contributed by atoms with Crippen LogP contribution in [0.15, 0.2) is 18.2 Å². The largest absolute Gasteiger partial charge is 0.493 e. The van der Waals surface area contributed by atoms with Crippen LogP contribution in [0.25, 0.3) is 0 Å². The minimum atomic E-state index is 0.0821. The van der Waals surface area contributed by atoms with E-state index in [4.69, 9.17) is 14.6 Å². The van der Waals surface area contributed by atoms with Crippen LogP contribution >= 0.6 is 0 Å². The maximum Gasteiger partial charge on any atom is 0.161 e. The molecule has 4 heteroatoms. The molecule has 21 heavy (non-hydrogen) atoms. The third kappa shape index (κ3) is 5.21. The molecule has 120 valence electrons. The van der Waals surface area contributed by atoms with Gasteiger partial charge >= 0.3 is 0 Å². The number of hydrogen-bond acceptors (Lipinski definition) is 4. The highest BCUT2D eigenvalue weighted by Gasteiger charge is 2.20. The zero-order chi connectivity index (χ0) is 15.9. The van der Waals surface area contributed by atoms with E-state index in [-0.39, 0.29) is 18.1 Å². The fourth-order valence-corrected chi connectivity index (χ4v) is 2.36. The van der Waals surface area contributed by atoms with E-state index in [1.807, 2.05) is 12.1 Å². The first-order valence-corrected chi connectivity index (χ1v) is 7.53. The quantitative estimate of drug-likeness (QED) is 0.735. The van der Waals surface area contributed by atoms with Crippen LogP contribution in [0, 0.1) is 5.41 Å². The molecule has 1 rings (SSSR count). The Hall–Kier alpha value is -1.26. The van der Waals surface area contributed by atoms with Crippen molar-refractivity contribution in [2.24, 2.45) is 5.41 Å². The second-order valence-electron chi connectivity index (χ2n) is 6.09. The molecule has 0 aromatic heterocycles. The highest BCUT2D eigenvalue weighted by molar-refractivity contribution is 5.43. The van der Waals surface area contributed by atoms with Crippen LogP contribution < -0.4 is 14.8 Å². The van der Waals surface area contributed by atoms with E-state index in [0.717, 1.165) is 30.9 Å². The first kappa shape index (κ1) is 17.8. The predicted octanol–water partition coefficient (Wildman–Crippen LogP) is 3.15. The zero-order valence-electron chi connectivity index (χ0n) is 13.9. The van der Waals surface area contributed by atoms with E-state index in [9.17, 15) is 0 Å². The van der Waals surface area contributed by atoms with Crippen molar-refractivity contribution >= 4 is 0 Å². The Balaban J connectivity index is 2.80. The van der Waals surface area contributed by atoms with Crippen LogP contribution in [0.5, 0.6) is 11.5 Å². The van der Waals surface area contributed by atoms with E-state index in [1.165, 1.54) is 5.56 Å². The van der Waals surface area contributed by atoms with Gasteiger partial charge in [-0.15, -0.1) is 0 Å². The van der Waals surface area contributed by atoms with Gasteiger partial charge in [0.25, 0.3) is 0 Å². The summed E-state index contributed by atoms with van der Waals surface area (Å²) in [6, 6.07) is 6.31. The Morgan fingerprint density at radius 3 is 2.38 bits per heavy atom. The van der Waals surface area contributed by atoms with E-state index in [2.05, 4.69) is 32.2 Å². The summed E-state index contributed by atoms with van der Waals surface area (Å²) in [6.07, 6.45) is 1.78. The van der Waals surface area contributed by atoms with Gasteiger partial charge in [0.05, 0.1) is 14.2 Å². The van der Waals surface area contributed by atoms with E-state index < -0.39 is 0 Å². The minimum absolute atomic E-state index is 0.0821. The Morgan fingerprint density at radius 1 is 1.19 bits per heavy atom. The molecule has 0 saturated carbocycles. The van der Waals surface area contributed by atoms with Gasteiger partial charge < -0.3 is 19.9 Å². The molecule has 4 nitrogen and oxygen atoms in total. The maximum atomic E-state index is 9.11. The van der Waals surface area contributed by atoms with Crippen molar-refractivity contribution in [1.82, 2.24) is 5.32 Å². The number of ether oxygens (including phenoxy) is 2. The van der Waals surface area contributed by atoms with Crippen molar-refractivity contribution in [3.8, 4) is 11.5 Å². The number of nitrogens with one attached hydrogen (secondary N) is 1. The lowest BCUT2D eigenvalue weighted by molar-refractivity contribution is 0.202. The molecule has 1 atom stereocenters. The van der Waals surface area contributed by atoms with Crippen LogP contribution in [-0.2, 0) is 0 Å². The van der Waals surface area contributed by atoms with Gasteiger partial charge in [-0.2, -0.15) is 0 Å². The molecule has 0 radical (unpaired) electrons. The predicted molar refractivity (Wildman–Crippen MR) is 86.1 cm³/mol. The lowest BCUT2D eigenvalue weighted by Gasteiger charge is -2.28. The second kappa shape index (κ2) is 8.25. The molecule has 0 aliphatic heterocycles. The topological polar surface area (TPSA) is 50.7 Å². The number of aliphatic hydroxyl groups is 1. The number of benzene rings is 1. The summed E-state index contributed by atoms with van der Waals surface area (Å²) in [4.78, 5) is 0. The molecule has 0 bridgehead atoms. The standard InChI is InChI=1S/C17H29NO3/c1-6-14(18-12-17(2,3)9-10-19)13-7-8-15(20-4)16(11-13)21-5/h7-8,11,14,18-19H,6,9-10,12H2,1-5H3. The van der Waals surface area contributed by atoms with Crippen molar-refractivity contribution < 1.29 is 14.6 Å². The summed E-state index contributed by atoms with van der Waals surface area (Å²) in [5.74, 6) is 1.50. The number of rotatable bonds is 9. The fraction of sp³-hybridized carbons (Fsp3) is 0.647. The Bertz CT molecular complexity index is 432. The molecule has 1 aromatic rings. The minimum Gasteiger partial charge on any atom is -0.493 e. The van der Waals surface area contributed by atoms with Gasteiger partial charge in [0.2, 0.25) is 0 Å². The molecule has 0 aliphatic carbocycles. The smallest absolute Gasteiger partial charge is 0.161 e. The first-order chi connectivity index (χ1) is 9.97. The third-order valence-corrected chi connectivity index (χ3v) is 3.83. The summed E-state index contributed by atoms with van der Waals surface area (Å²) in [6.45, 7) is 7.57. The highest BCUT2D eigenvalue weighted by atomic mass is 16.5. The number of methoxy groups -OCH3 is 2. The molecule has 0 amide bonds. The molecule has 0 aliphatic rings. The molecule has 2 N–H and O–H groups in total. The average Bonchev–Trinajstić information content (AvgIpc) is 2.47. The van der Waals surface area contributed by atoms with Crippen LogP contribution in [0.2, 0.25) is 0 Å². The van der Waals surface area contributed by atoms with Gasteiger partial charge in [-0.3, -0.25) is 0 Å². The molecule has 1 aromatic carbocycles. The fourth-order valence-electron chi connectivity index (χ4n) is 2.36. The molecule has 0 saturated heterocycles. The van der Waals surface area contributed by atoms with Crippen molar-refractivity contribution in [2.45, 2.75) is 39.7 Å². The Labute approximate surface area is 128 Å². The summed E-state index contributed by atoms with van der Waals surface area (Å²) in [5, 5.41) is 12.7. The Morgan fingerprint density at radius 2 is 1.86 bits per heavy atom. The summed E-state index contributed by atoms with van der Waals surface area (Å²) < 4.78 is 10.6. The first-order valence-electron chi connectivity index (χ1n) is 7.53. The average molecular weight is 295 g/mol. The second-order valence-corrected chi connectivity index (χ2v) is 6.09. The third-order valence-electron chi connectivity index (χ3n) is 3.83. The summed E-state index contributed by atoms with van der Waals surface area (Å²) in [5.41, 5.74) is 1.27. The van der Waals surface area contributed by atoms with Crippen molar-refractivity contribution in [1.29, 1.82) is 0 Å². The normalized spacial score (nSPS) is 13.0. The van der Waals surface area contributed by atoms with Gasteiger partial charge in [-0.05, 0) is 36.0 Å². The molecule has 0 heterocycles. The Kier molecular flexibility index (Phi) is 6.99. The van der Waals surface area contributed by atoms with Gasteiger partial charge in [-0.25, -0.2) is 0 Å².